The van der Waals surface area contributed by atoms with Gasteiger partial charge in [0.25, 0.3) is 5.56 Å². The number of nitriles is 1. The quantitative estimate of drug-likeness (QED) is 0.184. The fourth-order valence-electron chi connectivity index (χ4n) is 3.01. The van der Waals surface area contributed by atoms with Gasteiger partial charge in [-0.2, -0.15) is 10.4 Å². The van der Waals surface area contributed by atoms with Crippen LogP contribution in [-0.4, -0.2) is 22.2 Å². The van der Waals surface area contributed by atoms with Gasteiger partial charge in [-0.3, -0.25) is 9.78 Å². The molecule has 0 saturated heterocycles. The van der Waals surface area contributed by atoms with Crippen molar-refractivity contribution in [2.75, 3.05) is 5.43 Å². The third-order valence-electron chi connectivity index (χ3n) is 4.61. The van der Waals surface area contributed by atoms with Gasteiger partial charge in [0.2, 0.25) is 5.95 Å². The Labute approximate surface area is 199 Å². The third kappa shape index (κ3) is 5.35. The van der Waals surface area contributed by atoms with E-state index < -0.39 is 11.5 Å². The number of ether oxygens (including phenoxy) is 1. The summed E-state index contributed by atoms with van der Waals surface area (Å²) >= 11 is 5.84. The van der Waals surface area contributed by atoms with Gasteiger partial charge < -0.3 is 4.74 Å². The maximum absolute atomic E-state index is 12.3. The van der Waals surface area contributed by atoms with Gasteiger partial charge in [-0.05, 0) is 42.0 Å². The lowest BCUT2D eigenvalue weighted by Gasteiger charge is -2.06. The van der Waals surface area contributed by atoms with Crippen LogP contribution in [0.3, 0.4) is 0 Å². The minimum atomic E-state index is -0.579. The second kappa shape index (κ2) is 10.3. The van der Waals surface area contributed by atoms with Gasteiger partial charge in [0.05, 0.1) is 17.5 Å². The van der Waals surface area contributed by atoms with Crippen molar-refractivity contribution >= 4 is 29.7 Å². The molecule has 0 fully saturated rings. The molecule has 3 aromatic carbocycles. The molecule has 0 amide bonds. The molecule has 1 heterocycles. The molecular formula is C25H16ClN5O3. The highest BCUT2D eigenvalue weighted by Crippen LogP contribution is 2.20. The van der Waals surface area contributed by atoms with Crippen LogP contribution in [0.4, 0.5) is 5.95 Å². The maximum Gasteiger partial charge on any atom is 0.343 e. The minimum absolute atomic E-state index is 0.0735. The average molecular weight is 470 g/mol. The zero-order valence-corrected chi connectivity index (χ0v) is 18.3. The second-order valence-corrected chi connectivity index (χ2v) is 7.39. The summed E-state index contributed by atoms with van der Waals surface area (Å²) in [6, 6.07) is 23.9. The summed E-state index contributed by atoms with van der Waals surface area (Å²) in [5.41, 5.74) is 3.88. The van der Waals surface area contributed by atoms with Crippen molar-refractivity contribution in [2.24, 2.45) is 5.10 Å². The van der Waals surface area contributed by atoms with Crippen LogP contribution in [0.2, 0.25) is 5.02 Å². The molecule has 0 radical (unpaired) electrons. The number of carbonyl (C=O) groups excluding carboxylic acids is 1. The van der Waals surface area contributed by atoms with Gasteiger partial charge in [-0.15, -0.1) is 0 Å². The molecule has 0 aliphatic heterocycles. The molecule has 0 aliphatic rings. The maximum atomic E-state index is 12.3. The highest BCUT2D eigenvalue weighted by molar-refractivity contribution is 6.30. The van der Waals surface area contributed by atoms with Crippen molar-refractivity contribution in [1.29, 1.82) is 5.26 Å². The van der Waals surface area contributed by atoms with Crippen molar-refractivity contribution < 1.29 is 9.53 Å². The normalized spacial score (nSPS) is 10.6. The number of nitrogens with one attached hydrogen (secondary N) is 2. The number of benzene rings is 3. The van der Waals surface area contributed by atoms with E-state index in [0.717, 1.165) is 0 Å². The molecule has 0 atom stereocenters. The van der Waals surface area contributed by atoms with Crippen LogP contribution >= 0.6 is 11.6 Å². The number of hydrogen-bond acceptors (Lipinski definition) is 7. The molecular weight excluding hydrogens is 454 g/mol. The highest BCUT2D eigenvalue weighted by Gasteiger charge is 2.13. The largest absolute Gasteiger partial charge is 0.423 e. The van der Waals surface area contributed by atoms with Crippen molar-refractivity contribution in [3.8, 4) is 23.1 Å². The van der Waals surface area contributed by atoms with E-state index in [1.54, 1.807) is 72.8 Å². The number of aromatic amines is 1. The second-order valence-electron chi connectivity index (χ2n) is 6.95. The first-order chi connectivity index (χ1) is 16.5. The average Bonchev–Trinajstić information content (AvgIpc) is 2.85. The lowest BCUT2D eigenvalue weighted by molar-refractivity contribution is 0.0735. The van der Waals surface area contributed by atoms with Gasteiger partial charge in [-0.1, -0.05) is 54.1 Å². The van der Waals surface area contributed by atoms with Crippen LogP contribution < -0.4 is 15.7 Å². The van der Waals surface area contributed by atoms with Gasteiger partial charge >= 0.3 is 5.97 Å². The van der Waals surface area contributed by atoms with Crippen LogP contribution in [0.25, 0.3) is 11.3 Å². The van der Waals surface area contributed by atoms with Crippen molar-refractivity contribution in [3.63, 3.8) is 0 Å². The molecule has 4 aromatic rings. The number of carbonyl (C=O) groups is 1. The summed E-state index contributed by atoms with van der Waals surface area (Å²) in [4.78, 5) is 31.4. The molecule has 8 nitrogen and oxygen atoms in total. The summed E-state index contributed by atoms with van der Waals surface area (Å²) in [6.07, 6.45) is 1.47. The van der Waals surface area contributed by atoms with E-state index in [1.807, 2.05) is 12.1 Å². The van der Waals surface area contributed by atoms with Gasteiger partial charge in [-0.25, -0.2) is 15.2 Å². The number of hydrogen-bond donors (Lipinski definition) is 2. The lowest BCUT2D eigenvalue weighted by Crippen LogP contribution is -2.16. The Morgan fingerprint density at radius 3 is 2.59 bits per heavy atom. The smallest absolute Gasteiger partial charge is 0.343 e. The predicted octanol–water partition coefficient (Wildman–Crippen LogP) is 4.63. The van der Waals surface area contributed by atoms with E-state index in [1.165, 1.54) is 6.21 Å². The number of hydrazone groups is 1. The Morgan fingerprint density at radius 1 is 1.09 bits per heavy atom. The molecule has 0 saturated carbocycles. The Hall–Kier alpha value is -4.74. The number of aromatic nitrogens is 2. The first-order valence-electron chi connectivity index (χ1n) is 10.0. The number of rotatable bonds is 6. The fourth-order valence-corrected chi connectivity index (χ4v) is 3.14. The van der Waals surface area contributed by atoms with Gasteiger partial charge in [0.15, 0.2) is 0 Å². The topological polar surface area (TPSA) is 120 Å². The summed E-state index contributed by atoms with van der Waals surface area (Å²) < 4.78 is 5.40. The lowest BCUT2D eigenvalue weighted by atomic mass is 10.1. The number of H-pyrrole nitrogens is 1. The number of esters is 1. The molecule has 0 aliphatic carbocycles. The van der Waals surface area contributed by atoms with E-state index >= 15 is 0 Å². The standard InChI is InChI=1S/C25H16ClN5O3/c26-19-11-9-18(10-12-19)24(33)34-20-8-4-5-16(13-20)15-28-31-25-29-22(17-6-2-1-3-7-17)21(14-27)23(32)30-25/h1-13,15H,(H2,29,30,31,32). The number of anilines is 1. The summed E-state index contributed by atoms with van der Waals surface area (Å²) in [7, 11) is 0. The first kappa shape index (κ1) is 22.5. The third-order valence-corrected chi connectivity index (χ3v) is 4.86. The van der Waals surface area contributed by atoms with E-state index in [4.69, 9.17) is 16.3 Å². The molecule has 0 bridgehead atoms. The predicted molar refractivity (Wildman–Crippen MR) is 129 cm³/mol. The minimum Gasteiger partial charge on any atom is -0.423 e. The molecule has 1 aromatic heterocycles. The Balaban J connectivity index is 1.49. The molecule has 166 valence electrons. The summed E-state index contributed by atoms with van der Waals surface area (Å²) in [6.45, 7) is 0. The Morgan fingerprint density at radius 2 is 1.85 bits per heavy atom. The first-order valence-corrected chi connectivity index (χ1v) is 10.4. The van der Waals surface area contributed by atoms with Crippen molar-refractivity contribution in [3.05, 3.63) is 111 Å². The van der Waals surface area contributed by atoms with E-state index in [2.05, 4.69) is 20.5 Å². The molecule has 2 N–H and O–H groups in total. The highest BCUT2D eigenvalue weighted by atomic mass is 35.5. The van der Waals surface area contributed by atoms with Crippen molar-refractivity contribution in [2.45, 2.75) is 0 Å². The van der Waals surface area contributed by atoms with Crippen LogP contribution in [0, 0.1) is 11.3 Å². The monoisotopic (exact) mass is 469 g/mol. The van der Waals surface area contributed by atoms with Crippen LogP contribution in [0.1, 0.15) is 21.5 Å². The number of nitrogens with zero attached hydrogens (tertiary/aromatic N) is 3. The summed E-state index contributed by atoms with van der Waals surface area (Å²) in [5, 5.41) is 14.0. The van der Waals surface area contributed by atoms with Gasteiger partial charge in [0, 0.05) is 10.6 Å². The Kier molecular flexibility index (Phi) is 6.77. The fraction of sp³-hybridized carbons (Fsp3) is 0. The van der Waals surface area contributed by atoms with E-state index in [0.29, 0.717) is 27.5 Å². The SMILES string of the molecule is N#Cc1c(-c2ccccc2)nc(NN=Cc2cccc(OC(=O)c3ccc(Cl)cc3)c2)[nH]c1=O. The molecule has 9 heteroatoms. The molecule has 4 rings (SSSR count). The zero-order valence-electron chi connectivity index (χ0n) is 17.5. The van der Waals surface area contributed by atoms with Gasteiger partial charge in [0.1, 0.15) is 17.4 Å². The Bertz CT molecular complexity index is 1460. The zero-order chi connectivity index (χ0) is 23.9. The molecule has 0 spiro atoms. The molecule has 34 heavy (non-hydrogen) atoms. The molecule has 0 unspecified atom stereocenters. The number of halogens is 1. The van der Waals surface area contributed by atoms with Crippen LogP contribution in [0.5, 0.6) is 5.75 Å². The van der Waals surface area contributed by atoms with Crippen molar-refractivity contribution in [1.82, 2.24) is 9.97 Å². The van der Waals surface area contributed by atoms with E-state index in [-0.39, 0.29) is 17.2 Å². The summed E-state index contributed by atoms with van der Waals surface area (Å²) in [5.74, 6) is -0.110. The van der Waals surface area contributed by atoms with Crippen LogP contribution in [-0.2, 0) is 0 Å². The van der Waals surface area contributed by atoms with E-state index in [9.17, 15) is 14.9 Å². The van der Waals surface area contributed by atoms with Crippen LogP contribution in [0.15, 0.2) is 88.8 Å².